The van der Waals surface area contributed by atoms with Gasteiger partial charge in [-0.3, -0.25) is 14.8 Å². The molecule has 0 radical (unpaired) electrons. The summed E-state index contributed by atoms with van der Waals surface area (Å²) in [5.74, 6) is -0.956. The van der Waals surface area contributed by atoms with Gasteiger partial charge in [0.2, 0.25) is 10.0 Å². The third-order valence-corrected chi connectivity index (χ3v) is 7.57. The first-order valence-corrected chi connectivity index (χ1v) is 11.8. The summed E-state index contributed by atoms with van der Waals surface area (Å²) in [5.41, 5.74) is 1.74. The maximum atomic E-state index is 14.0. The van der Waals surface area contributed by atoms with Gasteiger partial charge in [0.05, 0.1) is 16.0 Å². The van der Waals surface area contributed by atoms with Crippen molar-refractivity contribution >= 4 is 27.0 Å². The molecule has 0 unspecified atom stereocenters. The number of aromatic nitrogens is 2. The molecule has 2 aromatic carbocycles. The molecular formula is C23H25FN4O3S. The van der Waals surface area contributed by atoms with Crippen molar-refractivity contribution in [3.8, 4) is 0 Å². The second-order valence-electron chi connectivity index (χ2n) is 8.85. The number of carbonyl (C=O) groups is 1. The van der Waals surface area contributed by atoms with E-state index in [0.29, 0.717) is 11.0 Å². The average molecular weight is 457 g/mol. The Morgan fingerprint density at radius 1 is 0.969 bits per heavy atom. The molecule has 0 N–H and O–H groups in total. The molecular weight excluding hydrogens is 431 g/mol. The summed E-state index contributed by atoms with van der Waals surface area (Å²) in [6, 6.07) is 9.31. The normalized spacial score (nSPS) is 15.8. The zero-order valence-corrected chi connectivity index (χ0v) is 19.1. The molecule has 2 heterocycles. The van der Waals surface area contributed by atoms with Crippen molar-refractivity contribution in [3.05, 3.63) is 65.7 Å². The van der Waals surface area contributed by atoms with Gasteiger partial charge in [-0.2, -0.15) is 4.31 Å². The Hall–Kier alpha value is -2.91. The van der Waals surface area contributed by atoms with E-state index < -0.39 is 15.8 Å². The largest absolute Gasteiger partial charge is 0.336 e. The number of amides is 1. The molecule has 32 heavy (non-hydrogen) atoms. The van der Waals surface area contributed by atoms with Gasteiger partial charge in [0.25, 0.3) is 5.91 Å². The highest BCUT2D eigenvalue weighted by atomic mass is 32.2. The van der Waals surface area contributed by atoms with Gasteiger partial charge in [-0.25, -0.2) is 12.8 Å². The summed E-state index contributed by atoms with van der Waals surface area (Å²) in [4.78, 5) is 23.0. The molecule has 1 aliphatic heterocycles. The van der Waals surface area contributed by atoms with E-state index in [1.165, 1.54) is 27.7 Å². The molecule has 1 amide bonds. The molecule has 0 bridgehead atoms. The molecule has 0 saturated carbocycles. The summed E-state index contributed by atoms with van der Waals surface area (Å²) in [6.45, 7) is 6.94. The Kier molecular flexibility index (Phi) is 5.72. The fourth-order valence-electron chi connectivity index (χ4n) is 3.78. The molecule has 7 nitrogen and oxygen atoms in total. The lowest BCUT2D eigenvalue weighted by Gasteiger charge is -2.34. The number of carbonyl (C=O) groups excluding carboxylic acids is 1. The molecule has 3 aromatic rings. The third kappa shape index (κ3) is 4.22. The predicted octanol–water partition coefficient (Wildman–Crippen LogP) is 3.21. The third-order valence-electron chi connectivity index (χ3n) is 5.65. The van der Waals surface area contributed by atoms with Crippen LogP contribution in [0.1, 0.15) is 36.7 Å². The standard InChI is InChI=1S/C23H25FN4O3S/c1-23(2,3)16-4-6-18(7-5-16)32(30,31)28-12-10-27(11-13-28)22(29)19-14-17(24)15-20-21(19)26-9-8-25-20/h4-9,14-15H,10-13H2,1-3H3. The first-order valence-electron chi connectivity index (χ1n) is 10.4. The van der Waals surface area contributed by atoms with Crippen LogP contribution in [-0.2, 0) is 15.4 Å². The molecule has 0 aliphatic carbocycles. The van der Waals surface area contributed by atoms with Gasteiger partial charge in [0.1, 0.15) is 11.3 Å². The summed E-state index contributed by atoms with van der Waals surface area (Å²) in [5, 5.41) is 0. The van der Waals surface area contributed by atoms with E-state index >= 15 is 0 Å². The van der Waals surface area contributed by atoms with Crippen LogP contribution in [0.15, 0.2) is 53.7 Å². The van der Waals surface area contributed by atoms with Crippen LogP contribution in [0.25, 0.3) is 11.0 Å². The van der Waals surface area contributed by atoms with Crippen molar-refractivity contribution in [2.45, 2.75) is 31.1 Å². The van der Waals surface area contributed by atoms with Crippen molar-refractivity contribution in [2.24, 2.45) is 0 Å². The maximum absolute atomic E-state index is 14.0. The summed E-state index contributed by atoms with van der Waals surface area (Å²) < 4.78 is 41.5. The van der Waals surface area contributed by atoms with Gasteiger partial charge in [-0.15, -0.1) is 0 Å². The number of nitrogens with zero attached hydrogens (tertiary/aromatic N) is 4. The highest BCUT2D eigenvalue weighted by Crippen LogP contribution is 2.26. The summed E-state index contributed by atoms with van der Waals surface area (Å²) in [7, 11) is -3.67. The van der Waals surface area contributed by atoms with Gasteiger partial charge in [0.15, 0.2) is 0 Å². The van der Waals surface area contributed by atoms with Crippen LogP contribution in [0.2, 0.25) is 0 Å². The Bertz CT molecular complexity index is 1260. The van der Waals surface area contributed by atoms with Crippen molar-refractivity contribution in [1.82, 2.24) is 19.2 Å². The van der Waals surface area contributed by atoms with Crippen LogP contribution in [0.3, 0.4) is 0 Å². The molecule has 1 saturated heterocycles. The van der Waals surface area contributed by atoms with E-state index in [-0.39, 0.29) is 48.0 Å². The number of hydrogen-bond donors (Lipinski definition) is 0. The van der Waals surface area contributed by atoms with E-state index in [9.17, 15) is 17.6 Å². The molecule has 0 atom stereocenters. The highest BCUT2D eigenvalue weighted by molar-refractivity contribution is 7.89. The maximum Gasteiger partial charge on any atom is 0.256 e. The number of sulfonamides is 1. The van der Waals surface area contributed by atoms with Crippen molar-refractivity contribution in [3.63, 3.8) is 0 Å². The number of benzene rings is 2. The smallest absolute Gasteiger partial charge is 0.256 e. The lowest BCUT2D eigenvalue weighted by Crippen LogP contribution is -2.50. The van der Waals surface area contributed by atoms with Crippen LogP contribution >= 0.6 is 0 Å². The quantitative estimate of drug-likeness (QED) is 0.604. The second-order valence-corrected chi connectivity index (χ2v) is 10.8. The Morgan fingerprint density at radius 3 is 2.22 bits per heavy atom. The molecule has 9 heteroatoms. The van der Waals surface area contributed by atoms with Crippen LogP contribution < -0.4 is 0 Å². The molecule has 1 fully saturated rings. The molecule has 1 aliphatic rings. The minimum Gasteiger partial charge on any atom is -0.336 e. The number of halogens is 1. The Balaban J connectivity index is 1.50. The minimum absolute atomic E-state index is 0.0697. The van der Waals surface area contributed by atoms with Crippen LogP contribution in [-0.4, -0.2) is 59.7 Å². The zero-order chi connectivity index (χ0) is 23.1. The first kappa shape index (κ1) is 22.3. The molecule has 4 rings (SSSR count). The van der Waals surface area contributed by atoms with Gasteiger partial charge >= 0.3 is 0 Å². The van der Waals surface area contributed by atoms with Gasteiger partial charge in [0, 0.05) is 44.6 Å². The lowest BCUT2D eigenvalue weighted by molar-refractivity contribution is 0.0699. The Labute approximate surface area is 186 Å². The lowest BCUT2D eigenvalue weighted by atomic mass is 9.87. The van der Waals surface area contributed by atoms with Crippen LogP contribution in [0.4, 0.5) is 4.39 Å². The zero-order valence-electron chi connectivity index (χ0n) is 18.2. The number of hydrogen-bond acceptors (Lipinski definition) is 5. The van der Waals surface area contributed by atoms with Crippen molar-refractivity contribution < 1.29 is 17.6 Å². The summed E-state index contributed by atoms with van der Waals surface area (Å²) in [6.07, 6.45) is 2.89. The second kappa shape index (κ2) is 8.22. The van der Waals surface area contributed by atoms with Crippen LogP contribution in [0.5, 0.6) is 0 Å². The van der Waals surface area contributed by atoms with Gasteiger partial charge in [-0.1, -0.05) is 32.9 Å². The number of fused-ring (bicyclic) bond motifs is 1. The topological polar surface area (TPSA) is 83.5 Å². The van der Waals surface area contributed by atoms with Gasteiger partial charge < -0.3 is 4.90 Å². The fourth-order valence-corrected chi connectivity index (χ4v) is 5.20. The SMILES string of the molecule is CC(C)(C)c1ccc(S(=O)(=O)N2CCN(C(=O)c3cc(F)cc4nccnc34)CC2)cc1. The van der Waals surface area contributed by atoms with Crippen LogP contribution in [0, 0.1) is 5.82 Å². The van der Waals surface area contributed by atoms with E-state index in [1.54, 1.807) is 12.1 Å². The predicted molar refractivity (Wildman–Crippen MR) is 119 cm³/mol. The van der Waals surface area contributed by atoms with E-state index in [0.717, 1.165) is 11.6 Å². The monoisotopic (exact) mass is 456 g/mol. The minimum atomic E-state index is -3.67. The molecule has 1 aromatic heterocycles. The fraction of sp³-hybridized carbons (Fsp3) is 0.348. The van der Waals surface area contributed by atoms with E-state index in [4.69, 9.17) is 0 Å². The number of piperazine rings is 1. The van der Waals surface area contributed by atoms with Crippen molar-refractivity contribution in [2.75, 3.05) is 26.2 Å². The highest BCUT2D eigenvalue weighted by Gasteiger charge is 2.31. The first-order chi connectivity index (χ1) is 15.1. The Morgan fingerprint density at radius 2 is 1.59 bits per heavy atom. The summed E-state index contributed by atoms with van der Waals surface area (Å²) >= 11 is 0. The average Bonchev–Trinajstić information content (AvgIpc) is 2.77. The van der Waals surface area contributed by atoms with Crippen molar-refractivity contribution in [1.29, 1.82) is 0 Å². The van der Waals surface area contributed by atoms with E-state index in [2.05, 4.69) is 30.7 Å². The van der Waals surface area contributed by atoms with Gasteiger partial charge in [-0.05, 0) is 29.2 Å². The number of rotatable bonds is 3. The molecule has 168 valence electrons. The molecule has 0 spiro atoms. The van der Waals surface area contributed by atoms with E-state index in [1.807, 2.05) is 12.1 Å².